The van der Waals surface area contributed by atoms with Crippen LogP contribution in [0, 0.1) is 0 Å². The van der Waals surface area contributed by atoms with Crippen LogP contribution in [0.4, 0.5) is 0 Å². The van der Waals surface area contributed by atoms with E-state index in [9.17, 15) is 0 Å². The van der Waals surface area contributed by atoms with E-state index in [1.165, 1.54) is 23.5 Å². The Kier molecular flexibility index (Phi) is 4.12. The highest BCUT2D eigenvalue weighted by molar-refractivity contribution is 9.10. The van der Waals surface area contributed by atoms with Crippen molar-refractivity contribution in [2.45, 2.75) is 25.4 Å². The maximum absolute atomic E-state index is 3.68. The van der Waals surface area contributed by atoms with Gasteiger partial charge < -0.3 is 5.32 Å². The van der Waals surface area contributed by atoms with Crippen LogP contribution >= 0.6 is 27.7 Å². The summed E-state index contributed by atoms with van der Waals surface area (Å²) in [5, 5.41) is 3.68. The Labute approximate surface area is 104 Å². The lowest BCUT2D eigenvalue weighted by Gasteiger charge is -2.19. The number of rotatable bonds is 3. The van der Waals surface area contributed by atoms with Crippen LogP contribution < -0.4 is 5.32 Å². The van der Waals surface area contributed by atoms with Gasteiger partial charge in [-0.1, -0.05) is 28.1 Å². The maximum Gasteiger partial charge on any atom is 0.0295 e. The monoisotopic (exact) mass is 285 g/mol. The Morgan fingerprint density at radius 1 is 1.53 bits per heavy atom. The molecule has 0 spiro atoms. The van der Waals surface area contributed by atoms with Crippen molar-refractivity contribution >= 4 is 27.7 Å². The van der Waals surface area contributed by atoms with Crippen LogP contribution in [-0.2, 0) is 0 Å². The Morgan fingerprint density at radius 3 is 3.07 bits per heavy atom. The van der Waals surface area contributed by atoms with Crippen molar-refractivity contribution in [1.29, 1.82) is 0 Å². The zero-order chi connectivity index (χ0) is 10.7. The minimum Gasteiger partial charge on any atom is -0.307 e. The van der Waals surface area contributed by atoms with Gasteiger partial charge in [-0.25, -0.2) is 0 Å². The fourth-order valence-electron chi connectivity index (χ4n) is 1.89. The molecule has 1 nitrogen and oxygen atoms in total. The zero-order valence-corrected chi connectivity index (χ0v) is 11.3. The van der Waals surface area contributed by atoms with Gasteiger partial charge in [0.15, 0.2) is 0 Å². The predicted octanol–water partition coefficient (Wildman–Crippen LogP) is 3.61. The van der Waals surface area contributed by atoms with Gasteiger partial charge in [0.05, 0.1) is 0 Å². The molecule has 0 bridgehead atoms. The van der Waals surface area contributed by atoms with Crippen molar-refractivity contribution in [1.82, 2.24) is 5.32 Å². The molecule has 1 aromatic rings. The third-order valence-corrected chi connectivity index (χ3v) is 4.42. The number of hydrogen-bond acceptors (Lipinski definition) is 2. The number of thioether (sulfide) groups is 1. The number of benzene rings is 1. The molecule has 0 saturated carbocycles. The van der Waals surface area contributed by atoms with Crippen LogP contribution in [0.15, 0.2) is 28.7 Å². The SMILES string of the molecule is C[C@H](NC1CCSC1)c1cccc(Br)c1. The van der Waals surface area contributed by atoms with E-state index in [1.807, 2.05) is 0 Å². The van der Waals surface area contributed by atoms with Gasteiger partial charge in [0.1, 0.15) is 0 Å². The topological polar surface area (TPSA) is 12.0 Å². The number of hydrogen-bond donors (Lipinski definition) is 1. The van der Waals surface area contributed by atoms with E-state index in [0.29, 0.717) is 12.1 Å². The third kappa shape index (κ3) is 3.23. The molecule has 1 aromatic carbocycles. The molecule has 0 radical (unpaired) electrons. The van der Waals surface area contributed by atoms with Crippen LogP contribution in [0.2, 0.25) is 0 Å². The van der Waals surface area contributed by atoms with E-state index >= 15 is 0 Å². The smallest absolute Gasteiger partial charge is 0.0295 e. The minimum atomic E-state index is 0.450. The van der Waals surface area contributed by atoms with E-state index < -0.39 is 0 Å². The number of halogens is 1. The Morgan fingerprint density at radius 2 is 2.40 bits per heavy atom. The summed E-state index contributed by atoms with van der Waals surface area (Å²) in [6, 6.07) is 9.70. The Balaban J connectivity index is 1.97. The minimum absolute atomic E-state index is 0.450. The molecule has 82 valence electrons. The lowest BCUT2D eigenvalue weighted by Crippen LogP contribution is -2.31. The van der Waals surface area contributed by atoms with Gasteiger partial charge in [-0.05, 0) is 36.8 Å². The molecule has 15 heavy (non-hydrogen) atoms. The summed E-state index contributed by atoms with van der Waals surface area (Å²) in [5.74, 6) is 2.57. The van der Waals surface area contributed by atoms with E-state index in [-0.39, 0.29) is 0 Å². The molecule has 1 fully saturated rings. The highest BCUT2D eigenvalue weighted by Gasteiger charge is 2.17. The molecule has 0 aliphatic carbocycles. The zero-order valence-electron chi connectivity index (χ0n) is 8.87. The molecule has 2 atom stereocenters. The van der Waals surface area contributed by atoms with Crippen molar-refractivity contribution in [2.24, 2.45) is 0 Å². The van der Waals surface area contributed by atoms with Crippen LogP contribution in [-0.4, -0.2) is 17.5 Å². The van der Waals surface area contributed by atoms with Crippen molar-refractivity contribution in [2.75, 3.05) is 11.5 Å². The first-order chi connectivity index (χ1) is 7.25. The molecule has 1 N–H and O–H groups in total. The second kappa shape index (κ2) is 5.37. The van der Waals surface area contributed by atoms with Crippen LogP contribution in [0.25, 0.3) is 0 Å². The summed E-state index contributed by atoms with van der Waals surface area (Å²) in [6.45, 7) is 2.24. The quantitative estimate of drug-likeness (QED) is 0.911. The second-order valence-electron chi connectivity index (χ2n) is 4.00. The average Bonchev–Trinajstić information content (AvgIpc) is 2.70. The fourth-order valence-corrected chi connectivity index (χ4v) is 3.47. The summed E-state index contributed by atoms with van der Waals surface area (Å²) in [5.41, 5.74) is 1.36. The lowest BCUT2D eigenvalue weighted by molar-refractivity contribution is 0.486. The van der Waals surface area contributed by atoms with E-state index in [0.717, 1.165) is 4.47 Å². The number of nitrogens with one attached hydrogen (secondary N) is 1. The summed E-state index contributed by atoms with van der Waals surface area (Å²) in [6.07, 6.45) is 1.31. The molecular weight excluding hydrogens is 270 g/mol. The first-order valence-electron chi connectivity index (χ1n) is 5.35. The Bertz CT molecular complexity index is 323. The summed E-state index contributed by atoms with van der Waals surface area (Å²) >= 11 is 5.56. The third-order valence-electron chi connectivity index (χ3n) is 2.76. The fraction of sp³-hybridized carbons (Fsp3) is 0.500. The molecule has 1 aliphatic rings. The summed E-state index contributed by atoms with van der Waals surface area (Å²) in [4.78, 5) is 0. The van der Waals surface area contributed by atoms with Gasteiger partial charge in [-0.15, -0.1) is 0 Å². The van der Waals surface area contributed by atoms with Crippen molar-refractivity contribution < 1.29 is 0 Å². The normalized spacial score (nSPS) is 22.9. The summed E-state index contributed by atoms with van der Waals surface area (Å²) < 4.78 is 1.16. The standard InChI is InChI=1S/C12H16BrNS/c1-9(14-12-5-6-15-8-12)10-3-2-4-11(13)7-10/h2-4,7,9,12,14H,5-6,8H2,1H3/t9-,12?/m0/s1. The van der Waals surface area contributed by atoms with Crippen molar-refractivity contribution in [3.63, 3.8) is 0 Å². The van der Waals surface area contributed by atoms with E-state index in [2.05, 4.69) is 64.2 Å². The van der Waals surface area contributed by atoms with Gasteiger partial charge >= 0.3 is 0 Å². The van der Waals surface area contributed by atoms with Crippen LogP contribution in [0.5, 0.6) is 0 Å². The molecule has 2 rings (SSSR count). The average molecular weight is 286 g/mol. The molecule has 1 saturated heterocycles. The molecule has 3 heteroatoms. The molecule has 1 heterocycles. The van der Waals surface area contributed by atoms with Crippen LogP contribution in [0.3, 0.4) is 0 Å². The Hall–Kier alpha value is 0.01000. The van der Waals surface area contributed by atoms with Crippen molar-refractivity contribution in [3.05, 3.63) is 34.3 Å². The predicted molar refractivity (Wildman–Crippen MR) is 71.4 cm³/mol. The summed E-state index contributed by atoms with van der Waals surface area (Å²) in [7, 11) is 0. The second-order valence-corrected chi connectivity index (χ2v) is 6.07. The first kappa shape index (κ1) is 11.5. The first-order valence-corrected chi connectivity index (χ1v) is 7.30. The van der Waals surface area contributed by atoms with E-state index in [4.69, 9.17) is 0 Å². The molecule has 1 aliphatic heterocycles. The molecule has 0 aromatic heterocycles. The maximum atomic E-state index is 3.68. The highest BCUT2D eigenvalue weighted by Crippen LogP contribution is 2.22. The molecule has 1 unspecified atom stereocenters. The molecular formula is C12H16BrNS. The van der Waals surface area contributed by atoms with Gasteiger partial charge in [0.2, 0.25) is 0 Å². The lowest BCUT2D eigenvalue weighted by atomic mass is 10.1. The van der Waals surface area contributed by atoms with Gasteiger partial charge in [-0.3, -0.25) is 0 Å². The van der Waals surface area contributed by atoms with Gasteiger partial charge in [0.25, 0.3) is 0 Å². The van der Waals surface area contributed by atoms with Crippen LogP contribution in [0.1, 0.15) is 24.9 Å². The van der Waals surface area contributed by atoms with Crippen molar-refractivity contribution in [3.8, 4) is 0 Å². The molecule has 0 amide bonds. The van der Waals surface area contributed by atoms with E-state index in [1.54, 1.807) is 0 Å². The largest absolute Gasteiger partial charge is 0.307 e. The highest BCUT2D eigenvalue weighted by atomic mass is 79.9. The van der Waals surface area contributed by atoms with Gasteiger partial charge in [0, 0.05) is 22.3 Å². The van der Waals surface area contributed by atoms with Gasteiger partial charge in [-0.2, -0.15) is 11.8 Å².